The van der Waals surface area contributed by atoms with Gasteiger partial charge in [0, 0.05) is 10.7 Å². The van der Waals surface area contributed by atoms with Crippen LogP contribution in [0.1, 0.15) is 24.5 Å². The molecule has 0 radical (unpaired) electrons. The molecule has 2 aromatic rings. The van der Waals surface area contributed by atoms with E-state index in [0.29, 0.717) is 22.8 Å². The van der Waals surface area contributed by atoms with Crippen LogP contribution in [-0.4, -0.2) is 26.6 Å². The molecule has 0 spiro atoms. The summed E-state index contributed by atoms with van der Waals surface area (Å²) in [7, 11) is -3.67. The number of sulfonamides is 1. The van der Waals surface area contributed by atoms with E-state index in [1.807, 2.05) is 26.0 Å². The molecule has 1 unspecified atom stereocenters. The molecule has 2 rings (SSSR count). The highest BCUT2D eigenvalue weighted by Crippen LogP contribution is 2.26. The fourth-order valence-electron chi connectivity index (χ4n) is 2.75. The zero-order chi connectivity index (χ0) is 19.5. The van der Waals surface area contributed by atoms with E-state index < -0.39 is 16.1 Å². The molecule has 1 N–H and O–H groups in total. The predicted octanol–water partition coefficient (Wildman–Crippen LogP) is 4.14. The number of halogens is 1. The van der Waals surface area contributed by atoms with Crippen LogP contribution in [0, 0.1) is 13.8 Å². The normalized spacial score (nSPS) is 12.5. The van der Waals surface area contributed by atoms with Gasteiger partial charge in [-0.2, -0.15) is 0 Å². The molecule has 0 bridgehead atoms. The average Bonchev–Trinajstić information content (AvgIpc) is 2.56. The Morgan fingerprint density at radius 2 is 1.77 bits per heavy atom. The van der Waals surface area contributed by atoms with Gasteiger partial charge in [0.15, 0.2) is 0 Å². The van der Waals surface area contributed by atoms with E-state index in [0.717, 1.165) is 21.7 Å². The number of amides is 1. The minimum absolute atomic E-state index is 0.326. The van der Waals surface area contributed by atoms with E-state index in [-0.39, 0.29) is 5.91 Å². The second-order valence-corrected chi connectivity index (χ2v) is 8.49. The Bertz CT molecular complexity index is 896. The molecule has 140 valence electrons. The Morgan fingerprint density at radius 3 is 2.31 bits per heavy atom. The van der Waals surface area contributed by atoms with Crippen molar-refractivity contribution in [2.24, 2.45) is 0 Å². The van der Waals surface area contributed by atoms with Crippen molar-refractivity contribution in [3.05, 3.63) is 58.6 Å². The van der Waals surface area contributed by atoms with Gasteiger partial charge in [-0.25, -0.2) is 8.42 Å². The van der Waals surface area contributed by atoms with E-state index in [2.05, 4.69) is 5.32 Å². The van der Waals surface area contributed by atoms with Crippen LogP contribution >= 0.6 is 11.6 Å². The number of anilines is 2. The van der Waals surface area contributed by atoms with Gasteiger partial charge >= 0.3 is 0 Å². The van der Waals surface area contributed by atoms with Crippen molar-refractivity contribution in [1.82, 2.24) is 0 Å². The number of nitrogens with one attached hydrogen (secondary N) is 1. The molecule has 1 amide bonds. The fraction of sp³-hybridized carbons (Fsp3) is 0.316. The van der Waals surface area contributed by atoms with Crippen LogP contribution in [0.15, 0.2) is 42.5 Å². The molecule has 0 aliphatic rings. The summed E-state index contributed by atoms with van der Waals surface area (Å²) in [6, 6.07) is 11.1. The Morgan fingerprint density at radius 1 is 1.15 bits per heavy atom. The van der Waals surface area contributed by atoms with Crippen molar-refractivity contribution in [3.63, 3.8) is 0 Å². The van der Waals surface area contributed by atoms with Gasteiger partial charge in [-0.05, 0) is 61.7 Å². The summed E-state index contributed by atoms with van der Waals surface area (Å²) in [5.74, 6) is -0.374. The monoisotopic (exact) mass is 394 g/mol. The minimum atomic E-state index is -3.67. The zero-order valence-corrected chi connectivity index (χ0v) is 16.9. The highest BCUT2D eigenvalue weighted by Gasteiger charge is 2.31. The molecule has 5 nitrogen and oxygen atoms in total. The van der Waals surface area contributed by atoms with Crippen molar-refractivity contribution in [1.29, 1.82) is 0 Å². The summed E-state index contributed by atoms with van der Waals surface area (Å²) in [5, 5.41) is 3.36. The highest BCUT2D eigenvalue weighted by molar-refractivity contribution is 7.92. The third-order valence-electron chi connectivity index (χ3n) is 4.27. The maximum absolute atomic E-state index is 12.9. The second-order valence-electron chi connectivity index (χ2n) is 6.20. The molecule has 0 fully saturated rings. The molecule has 0 saturated carbocycles. The van der Waals surface area contributed by atoms with Gasteiger partial charge in [0.1, 0.15) is 6.04 Å². The van der Waals surface area contributed by atoms with Gasteiger partial charge in [0.2, 0.25) is 15.9 Å². The molecular weight excluding hydrogens is 372 g/mol. The lowest BCUT2D eigenvalue weighted by atomic mass is 10.1. The average molecular weight is 395 g/mol. The Kier molecular flexibility index (Phi) is 6.31. The number of benzene rings is 2. The van der Waals surface area contributed by atoms with Gasteiger partial charge in [-0.1, -0.05) is 30.7 Å². The first-order valence-electron chi connectivity index (χ1n) is 8.27. The summed E-state index contributed by atoms with van der Waals surface area (Å²) in [6.07, 6.45) is 1.42. The van der Waals surface area contributed by atoms with E-state index >= 15 is 0 Å². The van der Waals surface area contributed by atoms with Gasteiger partial charge in [-0.3, -0.25) is 9.10 Å². The summed E-state index contributed by atoms with van der Waals surface area (Å²) in [6.45, 7) is 5.65. The van der Waals surface area contributed by atoms with Crippen LogP contribution in [0.5, 0.6) is 0 Å². The predicted molar refractivity (Wildman–Crippen MR) is 107 cm³/mol. The molecule has 26 heavy (non-hydrogen) atoms. The van der Waals surface area contributed by atoms with Gasteiger partial charge in [0.05, 0.1) is 11.9 Å². The molecule has 2 aromatic carbocycles. The number of carbonyl (C=O) groups is 1. The number of carbonyl (C=O) groups excluding carboxylic acids is 1. The standard InChI is InChI=1S/C19H23ClN2O3S/c1-5-18(19(23)21-17-8-6-7-13(2)14(17)3)22(26(4,24)25)16-11-9-15(20)10-12-16/h6-12,18H,5H2,1-4H3,(H,21,23). The summed E-state index contributed by atoms with van der Waals surface area (Å²) in [4.78, 5) is 12.9. The van der Waals surface area contributed by atoms with Crippen molar-refractivity contribution >= 4 is 38.9 Å². The van der Waals surface area contributed by atoms with Crippen molar-refractivity contribution < 1.29 is 13.2 Å². The van der Waals surface area contributed by atoms with Crippen LogP contribution in [0.3, 0.4) is 0 Å². The van der Waals surface area contributed by atoms with E-state index in [9.17, 15) is 13.2 Å². The molecular formula is C19H23ClN2O3S. The van der Waals surface area contributed by atoms with Crippen LogP contribution in [0.4, 0.5) is 11.4 Å². The van der Waals surface area contributed by atoms with Gasteiger partial charge in [0.25, 0.3) is 0 Å². The quantitative estimate of drug-likeness (QED) is 0.800. The molecule has 0 aliphatic heterocycles. The maximum atomic E-state index is 12.9. The second kappa shape index (κ2) is 8.10. The molecule has 0 aliphatic carbocycles. The third-order valence-corrected chi connectivity index (χ3v) is 5.71. The Hall–Kier alpha value is -2.05. The van der Waals surface area contributed by atoms with E-state index in [1.54, 1.807) is 37.3 Å². The summed E-state index contributed by atoms with van der Waals surface area (Å²) < 4.78 is 26.0. The van der Waals surface area contributed by atoms with Crippen LogP contribution in [0.25, 0.3) is 0 Å². The van der Waals surface area contributed by atoms with Crippen molar-refractivity contribution in [2.75, 3.05) is 15.9 Å². The molecule has 1 atom stereocenters. The lowest BCUT2D eigenvalue weighted by Crippen LogP contribution is -2.47. The lowest BCUT2D eigenvalue weighted by molar-refractivity contribution is -0.117. The highest BCUT2D eigenvalue weighted by atomic mass is 35.5. The summed E-state index contributed by atoms with van der Waals surface area (Å²) >= 11 is 5.90. The number of aryl methyl sites for hydroxylation is 1. The van der Waals surface area contributed by atoms with Crippen LogP contribution in [0.2, 0.25) is 5.02 Å². The smallest absolute Gasteiger partial charge is 0.248 e. The van der Waals surface area contributed by atoms with Gasteiger partial charge < -0.3 is 5.32 Å². The Balaban J connectivity index is 2.40. The van der Waals surface area contributed by atoms with Gasteiger partial charge in [-0.15, -0.1) is 0 Å². The van der Waals surface area contributed by atoms with Crippen molar-refractivity contribution in [3.8, 4) is 0 Å². The minimum Gasteiger partial charge on any atom is -0.324 e. The lowest BCUT2D eigenvalue weighted by Gasteiger charge is -2.30. The topological polar surface area (TPSA) is 66.5 Å². The largest absolute Gasteiger partial charge is 0.324 e. The first-order chi connectivity index (χ1) is 12.1. The van der Waals surface area contributed by atoms with E-state index in [4.69, 9.17) is 11.6 Å². The number of rotatable bonds is 6. The number of nitrogens with zero attached hydrogens (tertiary/aromatic N) is 1. The first kappa shape index (κ1) is 20.3. The first-order valence-corrected chi connectivity index (χ1v) is 10.5. The molecule has 0 saturated heterocycles. The fourth-order valence-corrected chi connectivity index (χ4v) is 4.09. The number of hydrogen-bond acceptors (Lipinski definition) is 3. The number of hydrogen-bond donors (Lipinski definition) is 1. The summed E-state index contributed by atoms with van der Waals surface area (Å²) in [5.41, 5.74) is 3.08. The molecule has 0 aromatic heterocycles. The zero-order valence-electron chi connectivity index (χ0n) is 15.3. The molecule has 0 heterocycles. The maximum Gasteiger partial charge on any atom is 0.248 e. The van der Waals surface area contributed by atoms with Crippen LogP contribution < -0.4 is 9.62 Å². The van der Waals surface area contributed by atoms with E-state index in [1.165, 1.54) is 0 Å². The SMILES string of the molecule is CCC(C(=O)Nc1cccc(C)c1C)N(c1ccc(Cl)cc1)S(C)(=O)=O. The third kappa shape index (κ3) is 4.56. The molecule has 7 heteroatoms. The Labute approximate surface area is 160 Å². The van der Waals surface area contributed by atoms with Crippen molar-refractivity contribution in [2.45, 2.75) is 33.2 Å². The van der Waals surface area contributed by atoms with Crippen LogP contribution in [-0.2, 0) is 14.8 Å².